The molecular formula is C22H27ClN2O3S. The molecule has 3 rings (SSSR count). The number of piperidine rings is 1. The fourth-order valence-electron chi connectivity index (χ4n) is 3.61. The smallest absolute Gasteiger partial charge is 0.243 e. The molecule has 1 atom stereocenters. The number of anilines is 1. The molecule has 2 aromatic rings. The van der Waals surface area contributed by atoms with Crippen molar-refractivity contribution < 1.29 is 13.2 Å². The zero-order valence-electron chi connectivity index (χ0n) is 16.8. The molecule has 1 saturated heterocycles. The normalized spacial score (nSPS) is 18.0. The van der Waals surface area contributed by atoms with Gasteiger partial charge in [0.05, 0.1) is 4.90 Å². The number of rotatable bonds is 6. The number of nitrogens with zero attached hydrogens (tertiary/aromatic N) is 1. The third-order valence-corrected chi connectivity index (χ3v) is 7.49. The van der Waals surface area contributed by atoms with Crippen molar-refractivity contribution in [2.45, 2.75) is 56.4 Å². The summed E-state index contributed by atoms with van der Waals surface area (Å²) in [5.74, 6) is 0.249. The number of amides is 1. The second-order valence-corrected chi connectivity index (χ2v) is 10.1. The summed E-state index contributed by atoms with van der Waals surface area (Å²) >= 11 is 5.89. The van der Waals surface area contributed by atoms with Crippen LogP contribution in [-0.4, -0.2) is 31.2 Å². The molecule has 156 valence electrons. The summed E-state index contributed by atoms with van der Waals surface area (Å²) in [6.07, 6.45) is 2.51. The van der Waals surface area contributed by atoms with Gasteiger partial charge in [0.15, 0.2) is 0 Å². The predicted octanol–water partition coefficient (Wildman–Crippen LogP) is 5.04. The van der Waals surface area contributed by atoms with Gasteiger partial charge in [0.25, 0.3) is 0 Å². The van der Waals surface area contributed by atoms with E-state index in [2.05, 4.69) is 19.2 Å². The highest BCUT2D eigenvalue weighted by molar-refractivity contribution is 7.89. The second-order valence-electron chi connectivity index (χ2n) is 7.75. The van der Waals surface area contributed by atoms with Gasteiger partial charge in [-0.2, -0.15) is 4.31 Å². The fraction of sp³-hybridized carbons (Fsp3) is 0.409. The Labute approximate surface area is 178 Å². The molecule has 0 unspecified atom stereocenters. The predicted molar refractivity (Wildman–Crippen MR) is 117 cm³/mol. The van der Waals surface area contributed by atoms with Crippen molar-refractivity contribution in [2.24, 2.45) is 0 Å². The van der Waals surface area contributed by atoms with Gasteiger partial charge in [0.1, 0.15) is 0 Å². The average Bonchev–Trinajstić information content (AvgIpc) is 2.69. The Balaban J connectivity index is 1.70. The first-order valence-electron chi connectivity index (χ1n) is 9.94. The van der Waals surface area contributed by atoms with Gasteiger partial charge in [-0.25, -0.2) is 8.42 Å². The van der Waals surface area contributed by atoms with Crippen molar-refractivity contribution >= 4 is 33.2 Å². The van der Waals surface area contributed by atoms with Crippen LogP contribution in [0.5, 0.6) is 0 Å². The standard InChI is InChI=1S/C22H27ClN2O3S/c1-16(2)17-6-10-19(11-7-17)24-22(26)15-20-5-3-4-14-25(20)29(27,28)21-12-8-18(23)9-13-21/h6-13,16,20H,3-5,14-15H2,1-2H3,(H,24,26)/t20-/m0/s1. The van der Waals surface area contributed by atoms with E-state index in [0.29, 0.717) is 23.9 Å². The van der Waals surface area contributed by atoms with Gasteiger partial charge in [-0.1, -0.05) is 44.0 Å². The number of sulfonamides is 1. The summed E-state index contributed by atoms with van der Waals surface area (Å²) in [6, 6.07) is 13.6. The SMILES string of the molecule is CC(C)c1ccc(NC(=O)C[C@@H]2CCCCN2S(=O)(=O)c2ccc(Cl)cc2)cc1. The Bertz CT molecular complexity index is 941. The molecule has 5 nitrogen and oxygen atoms in total. The summed E-state index contributed by atoms with van der Waals surface area (Å²) in [7, 11) is -3.67. The number of nitrogens with one attached hydrogen (secondary N) is 1. The van der Waals surface area contributed by atoms with Crippen LogP contribution in [0.1, 0.15) is 51.0 Å². The number of carbonyl (C=O) groups is 1. The largest absolute Gasteiger partial charge is 0.326 e. The van der Waals surface area contributed by atoms with E-state index in [1.807, 2.05) is 24.3 Å². The van der Waals surface area contributed by atoms with Crippen LogP contribution in [0.15, 0.2) is 53.4 Å². The zero-order chi connectivity index (χ0) is 21.0. The maximum Gasteiger partial charge on any atom is 0.243 e. The average molecular weight is 435 g/mol. The molecule has 0 radical (unpaired) electrons. The molecule has 29 heavy (non-hydrogen) atoms. The minimum Gasteiger partial charge on any atom is -0.326 e. The Morgan fingerprint density at radius 3 is 2.38 bits per heavy atom. The quantitative estimate of drug-likeness (QED) is 0.692. The Morgan fingerprint density at radius 1 is 1.10 bits per heavy atom. The highest BCUT2D eigenvalue weighted by Gasteiger charge is 2.34. The number of carbonyl (C=O) groups excluding carboxylic acids is 1. The van der Waals surface area contributed by atoms with Crippen molar-refractivity contribution in [3.05, 3.63) is 59.1 Å². The van der Waals surface area contributed by atoms with Crippen LogP contribution < -0.4 is 5.32 Å². The van der Waals surface area contributed by atoms with E-state index >= 15 is 0 Å². The van der Waals surface area contributed by atoms with E-state index in [1.54, 1.807) is 12.1 Å². The van der Waals surface area contributed by atoms with E-state index in [4.69, 9.17) is 11.6 Å². The van der Waals surface area contributed by atoms with E-state index in [1.165, 1.54) is 22.0 Å². The summed E-state index contributed by atoms with van der Waals surface area (Å²) in [5, 5.41) is 3.38. The summed E-state index contributed by atoms with van der Waals surface area (Å²) in [5.41, 5.74) is 1.93. The summed E-state index contributed by atoms with van der Waals surface area (Å²) < 4.78 is 27.7. The number of benzene rings is 2. The molecule has 0 spiro atoms. The van der Waals surface area contributed by atoms with Gasteiger partial charge in [-0.15, -0.1) is 0 Å². The number of hydrogen-bond acceptors (Lipinski definition) is 3. The number of halogens is 1. The monoisotopic (exact) mass is 434 g/mol. The maximum atomic E-state index is 13.1. The third-order valence-electron chi connectivity index (χ3n) is 5.28. The van der Waals surface area contributed by atoms with Gasteiger partial charge in [-0.05, 0) is 60.7 Å². The molecule has 0 aliphatic carbocycles. The van der Waals surface area contributed by atoms with E-state index in [0.717, 1.165) is 18.5 Å². The lowest BCUT2D eigenvalue weighted by Crippen LogP contribution is -2.45. The molecule has 2 aromatic carbocycles. The van der Waals surface area contributed by atoms with Crippen molar-refractivity contribution in [3.8, 4) is 0 Å². The maximum absolute atomic E-state index is 13.1. The first-order chi connectivity index (χ1) is 13.8. The molecule has 0 aromatic heterocycles. The van der Waals surface area contributed by atoms with E-state index < -0.39 is 10.0 Å². The van der Waals surface area contributed by atoms with Crippen LogP contribution in [0.3, 0.4) is 0 Å². The molecule has 1 aliphatic rings. The van der Waals surface area contributed by atoms with E-state index in [-0.39, 0.29) is 23.3 Å². The van der Waals surface area contributed by atoms with Crippen LogP contribution in [0, 0.1) is 0 Å². The topological polar surface area (TPSA) is 66.5 Å². The molecule has 1 fully saturated rings. The van der Waals surface area contributed by atoms with Gasteiger partial charge < -0.3 is 5.32 Å². The Hall–Kier alpha value is -1.89. The minimum atomic E-state index is -3.67. The highest BCUT2D eigenvalue weighted by atomic mass is 35.5. The van der Waals surface area contributed by atoms with Crippen LogP contribution in [0.4, 0.5) is 5.69 Å². The Kier molecular flexibility index (Phi) is 6.98. The lowest BCUT2D eigenvalue weighted by atomic mass is 10.0. The highest BCUT2D eigenvalue weighted by Crippen LogP contribution is 2.28. The molecule has 1 amide bonds. The minimum absolute atomic E-state index is 0.138. The first-order valence-corrected chi connectivity index (χ1v) is 11.8. The summed E-state index contributed by atoms with van der Waals surface area (Å²) in [4.78, 5) is 12.8. The molecule has 1 heterocycles. The molecule has 7 heteroatoms. The second kappa shape index (κ2) is 9.28. The van der Waals surface area contributed by atoms with Crippen LogP contribution in [-0.2, 0) is 14.8 Å². The third kappa shape index (κ3) is 5.38. The van der Waals surface area contributed by atoms with Crippen LogP contribution in [0.25, 0.3) is 0 Å². The lowest BCUT2D eigenvalue weighted by molar-refractivity contribution is -0.117. The van der Waals surface area contributed by atoms with Gasteiger partial charge >= 0.3 is 0 Å². The molecular weight excluding hydrogens is 408 g/mol. The Morgan fingerprint density at radius 2 is 1.76 bits per heavy atom. The van der Waals surface area contributed by atoms with Gasteiger partial charge in [-0.3, -0.25) is 4.79 Å². The van der Waals surface area contributed by atoms with Crippen molar-refractivity contribution in [2.75, 3.05) is 11.9 Å². The van der Waals surface area contributed by atoms with Gasteiger partial charge in [0, 0.05) is 29.7 Å². The summed E-state index contributed by atoms with van der Waals surface area (Å²) in [6.45, 7) is 4.66. The van der Waals surface area contributed by atoms with Crippen molar-refractivity contribution in [1.82, 2.24) is 4.31 Å². The first kappa shape index (κ1) is 21.8. The zero-order valence-corrected chi connectivity index (χ0v) is 18.3. The van der Waals surface area contributed by atoms with Crippen LogP contribution in [0.2, 0.25) is 5.02 Å². The van der Waals surface area contributed by atoms with Gasteiger partial charge in [0.2, 0.25) is 15.9 Å². The van der Waals surface area contributed by atoms with E-state index in [9.17, 15) is 13.2 Å². The molecule has 0 bridgehead atoms. The number of hydrogen-bond donors (Lipinski definition) is 1. The molecule has 0 saturated carbocycles. The lowest BCUT2D eigenvalue weighted by Gasteiger charge is -2.34. The van der Waals surface area contributed by atoms with Crippen molar-refractivity contribution in [3.63, 3.8) is 0 Å². The van der Waals surface area contributed by atoms with Crippen molar-refractivity contribution in [1.29, 1.82) is 0 Å². The molecule has 1 aliphatic heterocycles. The van der Waals surface area contributed by atoms with Crippen LogP contribution >= 0.6 is 11.6 Å². The fourth-order valence-corrected chi connectivity index (χ4v) is 5.43. The molecule has 1 N–H and O–H groups in total.